The molecule has 0 aliphatic carbocycles. The Hall–Kier alpha value is -3.40. The van der Waals surface area contributed by atoms with Crippen LogP contribution in [0.5, 0.6) is 5.75 Å². The van der Waals surface area contributed by atoms with Crippen LogP contribution in [0.15, 0.2) is 33.9 Å². The van der Waals surface area contributed by atoms with Crippen molar-refractivity contribution in [3.8, 4) is 5.75 Å². The van der Waals surface area contributed by atoms with Crippen LogP contribution < -0.4 is 21.3 Å². The first-order valence-corrected chi connectivity index (χ1v) is 10.2. The molecule has 2 aromatic heterocycles. The Morgan fingerprint density at radius 3 is 2.48 bits per heavy atom. The molecule has 0 unspecified atom stereocenters. The number of H-pyrrole nitrogens is 1. The molecule has 0 aliphatic rings. The Labute approximate surface area is 179 Å². The van der Waals surface area contributed by atoms with Gasteiger partial charge < -0.3 is 15.0 Å². The van der Waals surface area contributed by atoms with Crippen molar-refractivity contribution in [2.24, 2.45) is 7.05 Å². The van der Waals surface area contributed by atoms with E-state index in [4.69, 9.17) is 4.74 Å². The minimum atomic E-state index is -0.579. The zero-order valence-electron chi connectivity index (χ0n) is 18.3. The molecule has 0 aliphatic heterocycles. The van der Waals surface area contributed by atoms with Crippen LogP contribution in [0.2, 0.25) is 0 Å². The fourth-order valence-electron chi connectivity index (χ4n) is 3.40. The van der Waals surface area contributed by atoms with Gasteiger partial charge in [0, 0.05) is 25.7 Å². The number of imidazole rings is 1. The molecule has 10 nitrogen and oxygen atoms in total. The maximum atomic E-state index is 12.9. The highest BCUT2D eigenvalue weighted by Crippen LogP contribution is 2.18. The highest BCUT2D eigenvalue weighted by Gasteiger charge is 2.20. The molecule has 2 heterocycles. The quantitative estimate of drug-likeness (QED) is 0.464. The molecule has 31 heavy (non-hydrogen) atoms. The van der Waals surface area contributed by atoms with E-state index in [-0.39, 0.29) is 23.5 Å². The molecule has 0 atom stereocenters. The first-order valence-electron chi connectivity index (χ1n) is 10.2. The summed E-state index contributed by atoms with van der Waals surface area (Å²) in [5.74, 6) is 0.826. The molecule has 1 aromatic carbocycles. The molecule has 0 amide bonds. The Bertz CT molecular complexity index is 1170. The Morgan fingerprint density at radius 1 is 1.19 bits per heavy atom. The van der Waals surface area contributed by atoms with Crippen molar-refractivity contribution in [3.63, 3.8) is 0 Å². The van der Waals surface area contributed by atoms with Crippen LogP contribution in [0.3, 0.4) is 0 Å². The molecule has 0 saturated carbocycles. The van der Waals surface area contributed by atoms with Crippen molar-refractivity contribution in [1.82, 2.24) is 24.0 Å². The van der Waals surface area contributed by atoms with Gasteiger partial charge >= 0.3 is 5.69 Å². The number of fused-ring (bicyclic) bond motifs is 1. The van der Waals surface area contributed by atoms with Gasteiger partial charge in [0.25, 0.3) is 5.56 Å². The number of methoxy groups -OCH3 is 1. The van der Waals surface area contributed by atoms with Crippen LogP contribution in [-0.2, 0) is 13.6 Å². The molecule has 3 rings (SSSR count). The summed E-state index contributed by atoms with van der Waals surface area (Å²) in [7, 11) is 3.09. The lowest BCUT2D eigenvalue weighted by atomic mass is 10.1. The van der Waals surface area contributed by atoms with Crippen LogP contribution in [0.25, 0.3) is 11.2 Å². The molecule has 166 valence electrons. The molecule has 0 fully saturated rings. The zero-order chi connectivity index (χ0) is 22.5. The first-order chi connectivity index (χ1) is 14.9. The van der Waals surface area contributed by atoms with Crippen molar-refractivity contribution in [2.45, 2.75) is 20.4 Å². The van der Waals surface area contributed by atoms with Gasteiger partial charge in [-0.15, -0.1) is 0 Å². The second-order valence-corrected chi connectivity index (χ2v) is 7.12. The predicted molar refractivity (Wildman–Crippen MR) is 119 cm³/mol. The number of hydrogen-bond donors (Lipinski definition) is 2. The topological polar surface area (TPSA) is 114 Å². The van der Waals surface area contributed by atoms with Crippen molar-refractivity contribution in [3.05, 3.63) is 50.7 Å². The summed E-state index contributed by atoms with van der Waals surface area (Å²) < 4.78 is 7.93. The molecule has 0 bridgehead atoms. The van der Waals surface area contributed by atoms with E-state index in [2.05, 4.69) is 34.0 Å². The largest absolute Gasteiger partial charge is 0.497 e. The number of Topliss-reactive ketones (excluding diaryl/α,β-unsaturated/α-hetero) is 1. The minimum Gasteiger partial charge on any atom is -0.497 e. The lowest BCUT2D eigenvalue weighted by Gasteiger charge is -2.18. The lowest BCUT2D eigenvalue weighted by Crippen LogP contribution is -2.30. The normalized spacial score (nSPS) is 11.3. The van der Waals surface area contributed by atoms with E-state index in [1.54, 1.807) is 31.4 Å². The number of anilines is 1. The number of ketones is 1. The maximum Gasteiger partial charge on any atom is 0.329 e. The molecule has 10 heteroatoms. The van der Waals surface area contributed by atoms with E-state index in [9.17, 15) is 14.4 Å². The van der Waals surface area contributed by atoms with Crippen LogP contribution in [0.4, 0.5) is 5.95 Å². The van der Waals surface area contributed by atoms with Crippen LogP contribution in [0.1, 0.15) is 24.2 Å². The number of likely N-dealkylation sites (N-methyl/N-ethyl adjacent to an activating group) is 1. The third-order valence-electron chi connectivity index (χ3n) is 5.33. The molecule has 0 saturated heterocycles. The van der Waals surface area contributed by atoms with Gasteiger partial charge in [0.2, 0.25) is 5.95 Å². The number of nitrogens with zero attached hydrogens (tertiary/aromatic N) is 4. The number of carbonyl (C=O) groups is 1. The van der Waals surface area contributed by atoms with Gasteiger partial charge in [-0.3, -0.25) is 23.7 Å². The molecule has 0 radical (unpaired) electrons. The summed E-state index contributed by atoms with van der Waals surface area (Å²) in [4.78, 5) is 46.5. The van der Waals surface area contributed by atoms with Gasteiger partial charge in [0.05, 0.1) is 13.7 Å². The third-order valence-corrected chi connectivity index (χ3v) is 5.33. The molecular formula is C21H28N6O4. The number of carbonyl (C=O) groups excluding carboxylic acids is 1. The first kappa shape index (κ1) is 22.3. The van der Waals surface area contributed by atoms with Gasteiger partial charge in [-0.05, 0) is 37.4 Å². The monoisotopic (exact) mass is 428 g/mol. The number of aromatic nitrogens is 4. The van der Waals surface area contributed by atoms with Crippen molar-refractivity contribution in [2.75, 3.05) is 38.6 Å². The highest BCUT2D eigenvalue weighted by molar-refractivity contribution is 5.97. The number of benzene rings is 1. The van der Waals surface area contributed by atoms with Crippen LogP contribution in [-0.4, -0.2) is 63.1 Å². The molecular weight excluding hydrogens is 400 g/mol. The molecule has 0 spiro atoms. The van der Waals surface area contributed by atoms with E-state index >= 15 is 0 Å². The van der Waals surface area contributed by atoms with E-state index in [0.717, 1.165) is 19.6 Å². The van der Waals surface area contributed by atoms with Gasteiger partial charge in [-0.2, -0.15) is 4.98 Å². The smallest absolute Gasteiger partial charge is 0.329 e. The number of rotatable bonds is 10. The molecule has 2 N–H and O–H groups in total. The van der Waals surface area contributed by atoms with E-state index in [0.29, 0.717) is 23.8 Å². The summed E-state index contributed by atoms with van der Waals surface area (Å²) in [5.41, 5.74) is -0.253. The van der Waals surface area contributed by atoms with Gasteiger partial charge in [-0.1, -0.05) is 13.8 Å². The molecule has 3 aromatic rings. The number of ether oxygens (including phenoxy) is 1. The average Bonchev–Trinajstić information content (AvgIpc) is 3.14. The number of aryl methyl sites for hydroxylation is 1. The summed E-state index contributed by atoms with van der Waals surface area (Å²) in [6.07, 6.45) is 0. The van der Waals surface area contributed by atoms with Crippen molar-refractivity contribution >= 4 is 22.9 Å². The second kappa shape index (κ2) is 9.61. The van der Waals surface area contributed by atoms with Gasteiger partial charge in [0.1, 0.15) is 5.75 Å². The standard InChI is InChI=1S/C21H28N6O4/c1-5-26(6-2)12-11-22-20-23-18-17(19(29)24-21(30)25(18)3)27(20)13-16(28)14-7-9-15(31-4)10-8-14/h7-10H,5-6,11-13H2,1-4H3,(H,22,23)(H,24,29,30). The SMILES string of the molecule is CCN(CC)CCNc1nc2c(c(=O)[nH]c(=O)n2C)n1CC(=O)c1ccc(OC)cc1. The van der Waals surface area contributed by atoms with Crippen LogP contribution >= 0.6 is 0 Å². The van der Waals surface area contributed by atoms with E-state index in [1.807, 2.05) is 0 Å². The van der Waals surface area contributed by atoms with E-state index < -0.39 is 11.2 Å². The minimum absolute atomic E-state index is 0.0995. The summed E-state index contributed by atoms with van der Waals surface area (Å²) in [5, 5.41) is 3.22. The zero-order valence-corrected chi connectivity index (χ0v) is 18.3. The van der Waals surface area contributed by atoms with E-state index in [1.165, 1.54) is 16.2 Å². The highest BCUT2D eigenvalue weighted by atomic mass is 16.5. The van der Waals surface area contributed by atoms with Crippen molar-refractivity contribution in [1.29, 1.82) is 0 Å². The maximum absolute atomic E-state index is 12.9. The second-order valence-electron chi connectivity index (χ2n) is 7.12. The average molecular weight is 428 g/mol. The summed E-state index contributed by atoms with van der Waals surface area (Å²) in [6, 6.07) is 6.76. The lowest BCUT2D eigenvalue weighted by molar-refractivity contribution is 0.0974. The Kier molecular flexibility index (Phi) is 6.91. The Balaban J connectivity index is 1.98. The number of aromatic amines is 1. The number of hydrogen-bond acceptors (Lipinski definition) is 7. The van der Waals surface area contributed by atoms with Crippen molar-refractivity contribution < 1.29 is 9.53 Å². The van der Waals surface area contributed by atoms with Gasteiger partial charge in [-0.25, -0.2) is 4.79 Å². The van der Waals surface area contributed by atoms with Crippen LogP contribution in [0, 0.1) is 0 Å². The summed E-state index contributed by atoms with van der Waals surface area (Å²) >= 11 is 0. The predicted octanol–water partition coefficient (Wildman–Crippen LogP) is 1.07. The third kappa shape index (κ3) is 4.69. The summed E-state index contributed by atoms with van der Waals surface area (Å²) in [6.45, 7) is 7.25. The fourth-order valence-corrected chi connectivity index (χ4v) is 3.40. The Morgan fingerprint density at radius 2 is 1.87 bits per heavy atom. The number of nitrogens with one attached hydrogen (secondary N) is 2. The van der Waals surface area contributed by atoms with Gasteiger partial charge in [0.15, 0.2) is 16.9 Å². The fraction of sp³-hybridized carbons (Fsp3) is 0.429.